The van der Waals surface area contributed by atoms with E-state index in [1.165, 1.54) is 0 Å². The number of aliphatic hydroxyl groups excluding tert-OH is 1. The molecule has 6 nitrogen and oxygen atoms in total. The molecule has 0 heterocycles. The molecule has 22 heavy (non-hydrogen) atoms. The van der Waals surface area contributed by atoms with Gasteiger partial charge in [0.05, 0.1) is 24.9 Å². The molecule has 0 aromatic heterocycles. The second kappa shape index (κ2) is 14.9. The average Bonchev–Trinajstić information content (AvgIpc) is 2.53. The van der Waals surface area contributed by atoms with Crippen molar-refractivity contribution in [2.24, 2.45) is 5.11 Å². The largest absolute Gasteiger partial charge is 0.396 e. The van der Waals surface area contributed by atoms with Crippen molar-refractivity contribution < 1.29 is 14.6 Å². The van der Waals surface area contributed by atoms with E-state index in [2.05, 4.69) is 23.9 Å². The highest BCUT2D eigenvalue weighted by molar-refractivity contribution is 4.90. The minimum absolute atomic E-state index is 0.220. The number of allylic oxidation sites excluding steroid dienone is 1. The highest BCUT2D eigenvalue weighted by Crippen LogP contribution is 2.17. The fourth-order valence-corrected chi connectivity index (χ4v) is 2.05. The van der Waals surface area contributed by atoms with Crippen molar-refractivity contribution in [1.82, 2.24) is 0 Å². The van der Waals surface area contributed by atoms with Crippen LogP contribution in [0.4, 0.5) is 0 Å². The maximum Gasteiger partial charge on any atom is 0.0946 e. The molecular formula is C16H31N3O3. The maximum absolute atomic E-state index is 9.51. The third kappa shape index (κ3) is 9.05. The zero-order chi connectivity index (χ0) is 16.6. The summed E-state index contributed by atoms with van der Waals surface area (Å²) in [4.78, 5) is 2.83. The number of hydrogen-bond donors (Lipinski definition) is 1. The number of ether oxygens (including phenoxy) is 2. The summed E-state index contributed by atoms with van der Waals surface area (Å²) in [6.45, 7) is 7.11. The number of azide groups is 1. The monoisotopic (exact) mass is 313 g/mol. The van der Waals surface area contributed by atoms with Crippen molar-refractivity contribution in [3.63, 3.8) is 0 Å². The van der Waals surface area contributed by atoms with Gasteiger partial charge in [0.1, 0.15) is 0 Å². The lowest BCUT2D eigenvalue weighted by Gasteiger charge is -2.30. The van der Waals surface area contributed by atoms with Gasteiger partial charge in [0.2, 0.25) is 0 Å². The molecule has 0 amide bonds. The van der Waals surface area contributed by atoms with Gasteiger partial charge in [0, 0.05) is 18.1 Å². The predicted molar refractivity (Wildman–Crippen MR) is 88.7 cm³/mol. The third-order valence-corrected chi connectivity index (χ3v) is 3.37. The molecule has 0 saturated carbocycles. The minimum atomic E-state index is -0.626. The van der Waals surface area contributed by atoms with Crippen LogP contribution in [0.15, 0.2) is 17.3 Å². The molecular weight excluding hydrogens is 282 g/mol. The van der Waals surface area contributed by atoms with Crippen molar-refractivity contribution in [1.29, 1.82) is 0 Å². The summed E-state index contributed by atoms with van der Waals surface area (Å²) in [5, 5.41) is 13.2. The Balaban J connectivity index is 4.98. The van der Waals surface area contributed by atoms with Gasteiger partial charge in [-0.2, -0.15) is 0 Å². The first-order valence-electron chi connectivity index (χ1n) is 8.24. The van der Waals surface area contributed by atoms with Crippen LogP contribution < -0.4 is 0 Å². The molecule has 6 heteroatoms. The summed E-state index contributed by atoms with van der Waals surface area (Å²) in [5.74, 6) is 0. The normalized spacial score (nSPS) is 15.5. The summed E-state index contributed by atoms with van der Waals surface area (Å²) >= 11 is 0. The highest BCUT2D eigenvalue weighted by Gasteiger charge is 2.29. The van der Waals surface area contributed by atoms with Crippen LogP contribution in [0.1, 0.15) is 52.9 Å². The summed E-state index contributed by atoms with van der Waals surface area (Å²) in [5.41, 5.74) is 8.70. The number of hydrogen-bond acceptors (Lipinski definition) is 4. The van der Waals surface area contributed by atoms with E-state index in [9.17, 15) is 5.11 Å². The Morgan fingerprint density at radius 2 is 1.82 bits per heavy atom. The third-order valence-electron chi connectivity index (χ3n) is 3.37. The number of aliphatic hydroxyl groups is 1. The topological polar surface area (TPSA) is 87.5 Å². The van der Waals surface area contributed by atoms with Gasteiger partial charge in [-0.15, -0.1) is 0 Å². The number of rotatable bonds is 14. The Kier molecular flexibility index (Phi) is 14.1. The van der Waals surface area contributed by atoms with Crippen LogP contribution in [0.3, 0.4) is 0 Å². The quantitative estimate of drug-likeness (QED) is 0.173. The molecule has 0 bridgehead atoms. The second-order valence-corrected chi connectivity index (χ2v) is 5.21. The van der Waals surface area contributed by atoms with Crippen molar-refractivity contribution in [3.8, 4) is 0 Å². The first kappa shape index (κ1) is 20.9. The summed E-state index contributed by atoms with van der Waals surface area (Å²) in [6.07, 6.45) is 7.97. The molecule has 0 unspecified atom stereocenters. The Hall–Kier alpha value is -1.07. The van der Waals surface area contributed by atoms with E-state index >= 15 is 0 Å². The second-order valence-electron chi connectivity index (χ2n) is 5.21. The number of nitrogens with zero attached hydrogens (tertiary/aromatic N) is 3. The molecule has 0 fully saturated rings. The Morgan fingerprint density at radius 3 is 2.32 bits per heavy atom. The predicted octanol–water partition coefficient (Wildman–Crippen LogP) is 3.99. The molecule has 0 aliphatic carbocycles. The molecule has 0 aromatic rings. The first-order valence-corrected chi connectivity index (χ1v) is 8.24. The van der Waals surface area contributed by atoms with Gasteiger partial charge >= 0.3 is 0 Å². The Bertz CT molecular complexity index is 331. The van der Waals surface area contributed by atoms with Gasteiger partial charge in [0.25, 0.3) is 0 Å². The Morgan fingerprint density at radius 1 is 1.18 bits per heavy atom. The average molecular weight is 313 g/mol. The van der Waals surface area contributed by atoms with Crippen LogP contribution in [0, 0.1) is 0 Å². The lowest BCUT2D eigenvalue weighted by molar-refractivity contribution is -0.0884. The summed E-state index contributed by atoms with van der Waals surface area (Å²) in [6, 6.07) is -0.626. The summed E-state index contributed by atoms with van der Waals surface area (Å²) in [7, 11) is 0. The van der Waals surface area contributed by atoms with Crippen LogP contribution in [0.25, 0.3) is 10.4 Å². The van der Waals surface area contributed by atoms with E-state index in [1.54, 1.807) is 0 Å². The molecule has 0 saturated heterocycles. The smallest absolute Gasteiger partial charge is 0.0946 e. The van der Waals surface area contributed by atoms with Gasteiger partial charge in [-0.3, -0.25) is 0 Å². The molecule has 0 aliphatic rings. The van der Waals surface area contributed by atoms with Crippen molar-refractivity contribution in [3.05, 3.63) is 22.6 Å². The molecule has 128 valence electrons. The number of unbranched alkanes of at least 4 members (excludes halogenated alkanes) is 2. The molecule has 0 spiro atoms. The lowest BCUT2D eigenvalue weighted by atomic mass is 10.0. The van der Waals surface area contributed by atoms with E-state index in [1.807, 2.05) is 19.1 Å². The lowest BCUT2D eigenvalue weighted by Crippen LogP contribution is -2.42. The van der Waals surface area contributed by atoms with Crippen LogP contribution in [-0.4, -0.2) is 43.2 Å². The molecule has 3 atom stereocenters. The molecule has 0 aromatic carbocycles. The fraction of sp³-hybridized carbons (Fsp3) is 0.875. The van der Waals surface area contributed by atoms with E-state index in [0.29, 0.717) is 19.6 Å². The zero-order valence-corrected chi connectivity index (χ0v) is 14.1. The highest BCUT2D eigenvalue weighted by atomic mass is 16.5. The maximum atomic E-state index is 9.51. The van der Waals surface area contributed by atoms with E-state index in [4.69, 9.17) is 15.0 Å². The van der Waals surface area contributed by atoms with Gasteiger partial charge in [-0.05, 0) is 31.7 Å². The van der Waals surface area contributed by atoms with Crippen LogP contribution in [0.2, 0.25) is 0 Å². The van der Waals surface area contributed by atoms with Gasteiger partial charge < -0.3 is 14.6 Å². The van der Waals surface area contributed by atoms with Crippen molar-refractivity contribution >= 4 is 0 Å². The van der Waals surface area contributed by atoms with Gasteiger partial charge in [-0.1, -0.05) is 44.0 Å². The standard InChI is InChI=1S/C16H31N3O3/c1-4-7-10-15(21-11-8-5-2)16(22-12-9-6-3)14(13-20)18-19-17/h4,7,14-16,20H,5-6,8-13H2,1-3H3/t14-,15+,16-/m0/s1. The van der Waals surface area contributed by atoms with Crippen molar-refractivity contribution in [2.45, 2.75) is 71.1 Å². The van der Waals surface area contributed by atoms with E-state index in [0.717, 1.165) is 25.7 Å². The zero-order valence-electron chi connectivity index (χ0n) is 14.1. The minimum Gasteiger partial charge on any atom is -0.396 e. The van der Waals surface area contributed by atoms with Crippen LogP contribution in [-0.2, 0) is 9.47 Å². The molecule has 1 N–H and O–H groups in total. The molecule has 0 aliphatic heterocycles. The Labute approximate surface area is 134 Å². The fourth-order valence-electron chi connectivity index (χ4n) is 2.05. The SMILES string of the molecule is CC=CC[C@@H](OCCCC)[C@@H](OCCCC)[C@H](CO)N=[N+]=[N-]. The molecule has 0 radical (unpaired) electrons. The summed E-state index contributed by atoms with van der Waals surface area (Å²) < 4.78 is 11.8. The molecule has 0 rings (SSSR count). The first-order chi connectivity index (χ1) is 10.7. The van der Waals surface area contributed by atoms with Crippen LogP contribution >= 0.6 is 0 Å². The van der Waals surface area contributed by atoms with Crippen LogP contribution in [0.5, 0.6) is 0 Å². The van der Waals surface area contributed by atoms with Gasteiger partial charge in [-0.25, -0.2) is 0 Å². The van der Waals surface area contributed by atoms with E-state index in [-0.39, 0.29) is 12.7 Å². The van der Waals surface area contributed by atoms with E-state index < -0.39 is 12.1 Å². The van der Waals surface area contributed by atoms with Gasteiger partial charge in [0.15, 0.2) is 0 Å². The van der Waals surface area contributed by atoms with Crippen molar-refractivity contribution in [2.75, 3.05) is 19.8 Å².